The predicted molar refractivity (Wildman–Crippen MR) is 118 cm³/mol. The number of hydrogen-bond donors (Lipinski definition) is 1. The number of sulfonamides is 1. The quantitative estimate of drug-likeness (QED) is 0.466. The zero-order valence-corrected chi connectivity index (χ0v) is 18.7. The lowest BCUT2D eigenvalue weighted by atomic mass is 10.1. The van der Waals surface area contributed by atoms with Gasteiger partial charge in [-0.25, -0.2) is 12.8 Å². The molecule has 1 N–H and O–H groups in total. The third-order valence-corrected chi connectivity index (χ3v) is 6.21. The van der Waals surface area contributed by atoms with Crippen LogP contribution in [0, 0.1) is 5.82 Å². The molecule has 0 unspecified atom stereocenters. The van der Waals surface area contributed by atoms with E-state index in [1.165, 1.54) is 42.3 Å². The van der Waals surface area contributed by atoms with Gasteiger partial charge in [-0.15, -0.1) is 0 Å². The highest BCUT2D eigenvalue weighted by atomic mass is 35.5. The van der Waals surface area contributed by atoms with Crippen molar-refractivity contribution in [1.82, 2.24) is 4.90 Å². The summed E-state index contributed by atoms with van der Waals surface area (Å²) in [6.45, 7) is -2.77. The van der Waals surface area contributed by atoms with Crippen LogP contribution in [0.4, 0.5) is 18.9 Å². The van der Waals surface area contributed by atoms with Crippen LogP contribution in [0.25, 0.3) is 0 Å². The fourth-order valence-electron chi connectivity index (χ4n) is 2.90. The Morgan fingerprint density at radius 2 is 1.70 bits per heavy atom. The molecule has 1 amide bonds. The van der Waals surface area contributed by atoms with Crippen LogP contribution in [-0.2, 0) is 16.6 Å². The number of hydrogen-bond acceptors (Lipinski definition) is 4. The molecule has 0 atom stereocenters. The first-order valence-electron chi connectivity index (χ1n) is 9.42. The molecule has 174 valence electrons. The molecule has 0 saturated carbocycles. The van der Waals surface area contributed by atoms with Gasteiger partial charge in [-0.3, -0.25) is 9.52 Å². The first-order chi connectivity index (χ1) is 15.5. The number of carbonyl (C=O) groups is 1. The van der Waals surface area contributed by atoms with Crippen molar-refractivity contribution in [3.05, 3.63) is 88.7 Å². The summed E-state index contributed by atoms with van der Waals surface area (Å²) >= 11 is 6.10. The molecule has 3 aromatic rings. The minimum absolute atomic E-state index is 0.00138. The summed E-state index contributed by atoms with van der Waals surface area (Å²) < 4.78 is 69.3. The Balaban J connectivity index is 1.74. The summed E-state index contributed by atoms with van der Waals surface area (Å²) in [4.78, 5) is 14.0. The van der Waals surface area contributed by atoms with E-state index in [0.717, 1.165) is 24.3 Å². The lowest BCUT2D eigenvalue weighted by Crippen LogP contribution is -2.26. The molecular weight excluding hydrogens is 481 g/mol. The number of carbonyl (C=O) groups excluding carboxylic acids is 1. The van der Waals surface area contributed by atoms with Crippen molar-refractivity contribution in [2.24, 2.45) is 0 Å². The maximum Gasteiger partial charge on any atom is 0.387 e. The number of anilines is 1. The second-order valence-electron chi connectivity index (χ2n) is 6.94. The molecule has 3 aromatic carbocycles. The Hall–Kier alpha value is -3.24. The molecule has 0 saturated heterocycles. The number of ether oxygens (including phenoxy) is 1. The fourth-order valence-corrected chi connectivity index (χ4v) is 4.19. The highest BCUT2D eigenvalue weighted by molar-refractivity contribution is 7.92. The molecule has 0 heterocycles. The van der Waals surface area contributed by atoms with Crippen molar-refractivity contribution in [2.75, 3.05) is 11.8 Å². The van der Waals surface area contributed by atoms with E-state index >= 15 is 0 Å². The highest BCUT2D eigenvalue weighted by Crippen LogP contribution is 2.27. The van der Waals surface area contributed by atoms with E-state index in [1.54, 1.807) is 12.1 Å². The van der Waals surface area contributed by atoms with Gasteiger partial charge in [-0.05, 0) is 60.2 Å². The van der Waals surface area contributed by atoms with Gasteiger partial charge in [0.15, 0.2) is 0 Å². The topological polar surface area (TPSA) is 75.7 Å². The van der Waals surface area contributed by atoms with E-state index < -0.39 is 28.4 Å². The van der Waals surface area contributed by atoms with Crippen molar-refractivity contribution in [3.63, 3.8) is 0 Å². The molecule has 0 radical (unpaired) electrons. The largest absolute Gasteiger partial charge is 0.435 e. The van der Waals surface area contributed by atoms with Crippen molar-refractivity contribution in [2.45, 2.75) is 18.1 Å². The Morgan fingerprint density at radius 3 is 2.30 bits per heavy atom. The molecule has 0 fully saturated rings. The molecule has 0 aliphatic carbocycles. The van der Waals surface area contributed by atoms with Crippen LogP contribution >= 0.6 is 11.6 Å². The normalized spacial score (nSPS) is 11.3. The van der Waals surface area contributed by atoms with Crippen molar-refractivity contribution in [1.29, 1.82) is 0 Å². The zero-order chi connectivity index (χ0) is 24.2. The number of rotatable bonds is 8. The van der Waals surface area contributed by atoms with E-state index in [9.17, 15) is 26.4 Å². The first kappa shape index (κ1) is 24.4. The van der Waals surface area contributed by atoms with Crippen LogP contribution in [-0.4, -0.2) is 32.9 Å². The Morgan fingerprint density at radius 1 is 1.06 bits per heavy atom. The minimum atomic E-state index is -4.07. The minimum Gasteiger partial charge on any atom is -0.435 e. The van der Waals surface area contributed by atoms with Crippen LogP contribution in [0.2, 0.25) is 5.02 Å². The van der Waals surface area contributed by atoms with Crippen LogP contribution in [0.15, 0.2) is 71.6 Å². The van der Waals surface area contributed by atoms with Crippen LogP contribution in [0.3, 0.4) is 0 Å². The number of nitrogens with zero attached hydrogens (tertiary/aromatic N) is 1. The third kappa shape index (κ3) is 6.39. The maximum atomic E-state index is 13.1. The fraction of sp³-hybridized carbons (Fsp3) is 0.136. The molecular formula is C22H18ClF3N2O4S. The van der Waals surface area contributed by atoms with Crippen LogP contribution in [0.1, 0.15) is 15.9 Å². The lowest BCUT2D eigenvalue weighted by molar-refractivity contribution is -0.0498. The van der Waals surface area contributed by atoms with Gasteiger partial charge in [0.25, 0.3) is 15.9 Å². The first-order valence-corrected chi connectivity index (χ1v) is 11.3. The number of amides is 1. The summed E-state index contributed by atoms with van der Waals surface area (Å²) in [5, 5.41) is 0.0644. The van der Waals surface area contributed by atoms with E-state index in [0.29, 0.717) is 5.56 Å². The van der Waals surface area contributed by atoms with Crippen molar-refractivity contribution >= 4 is 33.2 Å². The highest BCUT2D eigenvalue weighted by Gasteiger charge is 2.19. The number of nitrogens with one attached hydrogen (secondary N) is 1. The molecule has 0 aliphatic heterocycles. The maximum absolute atomic E-state index is 13.1. The van der Waals surface area contributed by atoms with E-state index in [2.05, 4.69) is 9.46 Å². The van der Waals surface area contributed by atoms with Gasteiger partial charge in [0.05, 0.1) is 15.6 Å². The second kappa shape index (κ2) is 10.1. The monoisotopic (exact) mass is 498 g/mol. The molecule has 11 heteroatoms. The van der Waals surface area contributed by atoms with Crippen LogP contribution in [0.5, 0.6) is 5.75 Å². The average Bonchev–Trinajstić information content (AvgIpc) is 2.76. The standard InChI is InChI=1S/C22H18ClF3N2O4S/c1-28(13-14-2-7-17(8-3-14)32-22(25)26)21(29)15-4-11-19(23)20(12-15)27-33(30,31)18-9-5-16(24)6-10-18/h2-12,22,27H,13H2,1H3. The second-order valence-corrected chi connectivity index (χ2v) is 9.03. The van der Waals surface area contributed by atoms with Gasteiger partial charge < -0.3 is 9.64 Å². The molecule has 6 nitrogen and oxygen atoms in total. The van der Waals surface area contributed by atoms with Gasteiger partial charge in [0.1, 0.15) is 11.6 Å². The van der Waals surface area contributed by atoms with Crippen LogP contribution < -0.4 is 9.46 Å². The zero-order valence-electron chi connectivity index (χ0n) is 17.1. The summed E-state index contributed by atoms with van der Waals surface area (Å²) in [5.41, 5.74) is 0.809. The number of halogens is 4. The smallest absolute Gasteiger partial charge is 0.387 e. The van der Waals surface area contributed by atoms with Gasteiger partial charge in [-0.1, -0.05) is 23.7 Å². The summed E-state index contributed by atoms with van der Waals surface area (Å²) in [6.07, 6.45) is 0. The van der Waals surface area contributed by atoms with E-state index in [4.69, 9.17) is 11.6 Å². The Bertz CT molecular complexity index is 1240. The molecule has 0 aliphatic rings. The van der Waals surface area contributed by atoms with Crippen molar-refractivity contribution < 1.29 is 31.1 Å². The van der Waals surface area contributed by atoms with E-state index in [-0.39, 0.29) is 33.5 Å². The number of alkyl halides is 2. The predicted octanol–water partition coefficient (Wildman–Crippen LogP) is 5.15. The Kier molecular flexibility index (Phi) is 7.50. The van der Waals surface area contributed by atoms with Crippen molar-refractivity contribution in [3.8, 4) is 5.75 Å². The third-order valence-electron chi connectivity index (χ3n) is 4.50. The molecule has 0 bridgehead atoms. The molecule has 0 aromatic heterocycles. The molecule has 0 spiro atoms. The summed E-state index contributed by atoms with van der Waals surface area (Å²) in [6, 6.07) is 14.2. The summed E-state index contributed by atoms with van der Waals surface area (Å²) in [5.74, 6) is -1.01. The van der Waals surface area contributed by atoms with Gasteiger partial charge in [-0.2, -0.15) is 8.78 Å². The van der Waals surface area contributed by atoms with Gasteiger partial charge in [0.2, 0.25) is 0 Å². The Labute approximate surface area is 193 Å². The SMILES string of the molecule is CN(Cc1ccc(OC(F)F)cc1)C(=O)c1ccc(Cl)c(NS(=O)(=O)c2ccc(F)cc2)c1. The lowest BCUT2D eigenvalue weighted by Gasteiger charge is -2.18. The van der Waals surface area contributed by atoms with E-state index in [1.807, 2.05) is 0 Å². The average molecular weight is 499 g/mol. The molecule has 3 rings (SSSR count). The number of benzene rings is 3. The van der Waals surface area contributed by atoms with Gasteiger partial charge >= 0.3 is 6.61 Å². The van der Waals surface area contributed by atoms with Gasteiger partial charge in [0, 0.05) is 19.2 Å². The summed E-state index contributed by atoms with van der Waals surface area (Å²) in [7, 11) is -2.54. The molecule has 33 heavy (non-hydrogen) atoms.